The van der Waals surface area contributed by atoms with Gasteiger partial charge in [0.05, 0.1) is 0 Å². The van der Waals surface area contributed by atoms with Gasteiger partial charge in [0.1, 0.15) is 12.4 Å². The highest BCUT2D eigenvalue weighted by atomic mass is 79.9. The Bertz CT molecular complexity index is 359. The van der Waals surface area contributed by atoms with Crippen molar-refractivity contribution < 1.29 is 4.74 Å². The van der Waals surface area contributed by atoms with Crippen molar-refractivity contribution in [2.45, 2.75) is 17.7 Å². The Kier molecular flexibility index (Phi) is 5.32. The summed E-state index contributed by atoms with van der Waals surface area (Å²) < 4.78 is 6.80. The van der Waals surface area contributed by atoms with E-state index in [1.807, 2.05) is 24.3 Å². The van der Waals surface area contributed by atoms with Crippen LogP contribution < -0.4 is 4.74 Å². The largest absolute Gasteiger partial charge is 0.492 e. The fourth-order valence-corrected chi connectivity index (χ4v) is 3.16. The Labute approximate surface area is 120 Å². The highest BCUT2D eigenvalue weighted by molar-refractivity contribution is 9.10. The number of piperidine rings is 1. The van der Waals surface area contributed by atoms with E-state index in [0.717, 1.165) is 29.9 Å². The van der Waals surface area contributed by atoms with Crippen LogP contribution >= 0.6 is 31.9 Å². The van der Waals surface area contributed by atoms with Crippen LogP contribution in [-0.4, -0.2) is 36.0 Å². The molecule has 1 fully saturated rings. The van der Waals surface area contributed by atoms with Gasteiger partial charge in [-0.15, -0.1) is 0 Å². The Morgan fingerprint density at radius 3 is 3.06 bits per heavy atom. The number of halogens is 2. The van der Waals surface area contributed by atoms with Crippen LogP contribution in [0.3, 0.4) is 0 Å². The third-order valence-electron chi connectivity index (χ3n) is 2.92. The lowest BCUT2D eigenvalue weighted by Crippen LogP contribution is -2.38. The van der Waals surface area contributed by atoms with Crippen LogP contribution in [0.4, 0.5) is 0 Å². The second-order valence-corrected chi connectivity index (χ2v) is 6.56. The smallest absolute Gasteiger partial charge is 0.120 e. The molecule has 1 aromatic carbocycles. The molecule has 0 saturated carbocycles. The number of hydrogen-bond acceptors (Lipinski definition) is 2. The normalized spacial score (nSPS) is 21.4. The maximum atomic E-state index is 5.74. The molecular formula is C13H17Br2NO. The molecule has 0 spiro atoms. The molecule has 1 saturated heterocycles. The van der Waals surface area contributed by atoms with Gasteiger partial charge in [-0.3, -0.25) is 4.90 Å². The molecule has 94 valence electrons. The minimum absolute atomic E-state index is 0.655. The average molecular weight is 363 g/mol. The molecule has 2 nitrogen and oxygen atoms in total. The molecule has 1 atom stereocenters. The molecule has 17 heavy (non-hydrogen) atoms. The number of rotatable bonds is 4. The van der Waals surface area contributed by atoms with Crippen molar-refractivity contribution in [1.29, 1.82) is 0 Å². The molecule has 0 aliphatic carbocycles. The third-order valence-corrected chi connectivity index (χ3v) is 4.16. The lowest BCUT2D eigenvalue weighted by atomic mass is 10.1. The topological polar surface area (TPSA) is 12.5 Å². The van der Waals surface area contributed by atoms with Crippen LogP contribution in [-0.2, 0) is 0 Å². The number of nitrogens with zero attached hydrogens (tertiary/aromatic N) is 1. The van der Waals surface area contributed by atoms with E-state index in [-0.39, 0.29) is 0 Å². The predicted molar refractivity (Wildman–Crippen MR) is 78.0 cm³/mol. The first-order valence-electron chi connectivity index (χ1n) is 5.99. The summed E-state index contributed by atoms with van der Waals surface area (Å²) in [5.41, 5.74) is 0. The van der Waals surface area contributed by atoms with Crippen LogP contribution in [0.2, 0.25) is 0 Å². The van der Waals surface area contributed by atoms with Crippen LogP contribution in [0.5, 0.6) is 5.75 Å². The minimum atomic E-state index is 0.655. The number of alkyl halides is 1. The minimum Gasteiger partial charge on any atom is -0.492 e. The van der Waals surface area contributed by atoms with Gasteiger partial charge in [0.25, 0.3) is 0 Å². The van der Waals surface area contributed by atoms with Crippen LogP contribution in [0, 0.1) is 0 Å². The highest BCUT2D eigenvalue weighted by Crippen LogP contribution is 2.19. The van der Waals surface area contributed by atoms with E-state index in [4.69, 9.17) is 4.74 Å². The summed E-state index contributed by atoms with van der Waals surface area (Å²) in [6, 6.07) is 8.00. The molecule has 0 aromatic heterocycles. The maximum absolute atomic E-state index is 5.74. The molecule has 1 aromatic rings. The zero-order valence-electron chi connectivity index (χ0n) is 9.74. The monoisotopic (exact) mass is 361 g/mol. The van der Waals surface area contributed by atoms with Crippen molar-refractivity contribution in [2.75, 3.05) is 26.2 Å². The van der Waals surface area contributed by atoms with E-state index >= 15 is 0 Å². The van der Waals surface area contributed by atoms with Gasteiger partial charge < -0.3 is 4.74 Å². The van der Waals surface area contributed by atoms with Gasteiger partial charge in [-0.05, 0) is 37.6 Å². The van der Waals surface area contributed by atoms with Gasteiger partial charge >= 0.3 is 0 Å². The number of ether oxygens (including phenoxy) is 1. The van der Waals surface area contributed by atoms with Crippen molar-refractivity contribution in [2.24, 2.45) is 0 Å². The quantitative estimate of drug-likeness (QED) is 0.757. The van der Waals surface area contributed by atoms with E-state index in [2.05, 4.69) is 36.8 Å². The summed E-state index contributed by atoms with van der Waals surface area (Å²) in [6.07, 6.45) is 2.58. The number of likely N-dealkylation sites (tertiary alicyclic amines) is 1. The second kappa shape index (κ2) is 6.76. The van der Waals surface area contributed by atoms with Gasteiger partial charge in [0.15, 0.2) is 0 Å². The molecule has 0 radical (unpaired) electrons. The third kappa shape index (κ3) is 4.60. The number of hydrogen-bond donors (Lipinski definition) is 0. The molecule has 4 heteroatoms. The Morgan fingerprint density at radius 1 is 1.41 bits per heavy atom. The van der Waals surface area contributed by atoms with Gasteiger partial charge in [0.2, 0.25) is 0 Å². The van der Waals surface area contributed by atoms with Crippen molar-refractivity contribution >= 4 is 31.9 Å². The molecule has 0 N–H and O–H groups in total. The molecule has 2 rings (SSSR count). The van der Waals surface area contributed by atoms with Crippen molar-refractivity contribution in [3.8, 4) is 5.75 Å². The first-order valence-corrected chi connectivity index (χ1v) is 7.70. The van der Waals surface area contributed by atoms with Crippen molar-refractivity contribution in [3.05, 3.63) is 28.7 Å². The molecule has 0 amide bonds. The highest BCUT2D eigenvalue weighted by Gasteiger charge is 2.16. The number of benzene rings is 1. The summed E-state index contributed by atoms with van der Waals surface area (Å²) >= 11 is 7.13. The summed E-state index contributed by atoms with van der Waals surface area (Å²) in [6.45, 7) is 4.11. The molecule has 0 bridgehead atoms. The van der Waals surface area contributed by atoms with E-state index in [1.165, 1.54) is 19.4 Å². The lowest BCUT2D eigenvalue weighted by molar-refractivity contribution is 0.187. The first kappa shape index (κ1) is 13.4. The van der Waals surface area contributed by atoms with Gasteiger partial charge in [-0.25, -0.2) is 0 Å². The molecular weight excluding hydrogens is 346 g/mol. The standard InChI is InChI=1S/C13H17Br2NO/c14-11-3-1-5-13(9-11)17-8-7-16-6-2-4-12(15)10-16/h1,3,5,9,12H,2,4,6-8,10H2. The van der Waals surface area contributed by atoms with E-state index in [9.17, 15) is 0 Å². The van der Waals surface area contributed by atoms with Crippen molar-refractivity contribution in [1.82, 2.24) is 4.90 Å². The first-order chi connectivity index (χ1) is 8.24. The molecule has 1 aliphatic rings. The maximum Gasteiger partial charge on any atom is 0.120 e. The summed E-state index contributed by atoms with van der Waals surface area (Å²) in [7, 11) is 0. The van der Waals surface area contributed by atoms with E-state index < -0.39 is 0 Å². The Morgan fingerprint density at radius 2 is 2.29 bits per heavy atom. The SMILES string of the molecule is Brc1cccc(OCCN2CCCC(Br)C2)c1. The molecule has 1 aliphatic heterocycles. The van der Waals surface area contributed by atoms with E-state index in [1.54, 1.807) is 0 Å². The predicted octanol–water partition coefficient (Wildman–Crippen LogP) is 3.69. The molecule has 1 heterocycles. The van der Waals surface area contributed by atoms with Gasteiger partial charge in [0, 0.05) is 22.4 Å². The fraction of sp³-hybridized carbons (Fsp3) is 0.538. The van der Waals surface area contributed by atoms with Crippen molar-refractivity contribution in [3.63, 3.8) is 0 Å². The zero-order chi connectivity index (χ0) is 12.1. The van der Waals surface area contributed by atoms with Crippen LogP contribution in [0.15, 0.2) is 28.7 Å². The zero-order valence-corrected chi connectivity index (χ0v) is 12.9. The van der Waals surface area contributed by atoms with Crippen LogP contribution in [0.1, 0.15) is 12.8 Å². The average Bonchev–Trinajstić information content (AvgIpc) is 2.29. The second-order valence-electron chi connectivity index (χ2n) is 4.35. The van der Waals surface area contributed by atoms with E-state index in [0.29, 0.717) is 4.83 Å². The Hall–Kier alpha value is -0.0600. The Balaban J connectivity index is 1.72. The van der Waals surface area contributed by atoms with Gasteiger partial charge in [-0.2, -0.15) is 0 Å². The summed E-state index contributed by atoms with van der Waals surface area (Å²) in [5, 5.41) is 0. The summed E-state index contributed by atoms with van der Waals surface area (Å²) in [4.78, 5) is 3.11. The fourth-order valence-electron chi connectivity index (χ4n) is 2.05. The summed E-state index contributed by atoms with van der Waals surface area (Å²) in [5.74, 6) is 0.937. The lowest BCUT2D eigenvalue weighted by Gasteiger charge is -2.29. The van der Waals surface area contributed by atoms with Crippen LogP contribution in [0.25, 0.3) is 0 Å². The van der Waals surface area contributed by atoms with Gasteiger partial charge in [-0.1, -0.05) is 37.9 Å². The molecule has 1 unspecified atom stereocenters.